The molecule has 1 aromatic rings. The number of likely N-dealkylation sites (tertiary alicyclic amines) is 1. The fourth-order valence-corrected chi connectivity index (χ4v) is 4.18. The molecular weight excluding hydrogens is 392 g/mol. The van der Waals surface area contributed by atoms with Gasteiger partial charge in [0.15, 0.2) is 5.96 Å². The molecule has 31 heavy (non-hydrogen) atoms. The Balaban J connectivity index is 1.93. The van der Waals surface area contributed by atoms with Crippen molar-refractivity contribution in [3.05, 3.63) is 23.8 Å². The van der Waals surface area contributed by atoms with Gasteiger partial charge in [-0.25, -0.2) is 0 Å². The highest BCUT2D eigenvalue weighted by molar-refractivity contribution is 5.80. The van der Waals surface area contributed by atoms with Crippen molar-refractivity contribution < 1.29 is 14.6 Å². The molecule has 1 fully saturated rings. The number of aliphatic hydroxyl groups is 1. The maximum absolute atomic E-state index is 9.36. The predicted octanol–water partition coefficient (Wildman–Crippen LogP) is 2.88. The van der Waals surface area contributed by atoms with E-state index in [1.54, 1.807) is 14.2 Å². The molecule has 0 saturated carbocycles. The Morgan fingerprint density at radius 2 is 1.94 bits per heavy atom. The first-order chi connectivity index (χ1) is 15.0. The number of nitrogens with zero attached hydrogens (tertiary/aromatic N) is 2. The zero-order chi connectivity index (χ0) is 22.6. The highest BCUT2D eigenvalue weighted by atomic mass is 16.5. The molecule has 2 rings (SSSR count). The molecule has 3 N–H and O–H groups in total. The van der Waals surface area contributed by atoms with Gasteiger partial charge >= 0.3 is 0 Å². The average molecular weight is 435 g/mol. The highest BCUT2D eigenvalue weighted by Gasteiger charge is 2.23. The standard InChI is InChI=1S/C24H42N4O3/c1-6-25-24(26-15-19(8-10-29)11-18(2)3)27-21-7-9-28(17-21)16-20-12-22(30-4)14-23(13-20)31-5/h12-14,18-19,21,29H,6-11,15-17H2,1-5H3,(H2,25,26,27). The fraction of sp³-hybridized carbons (Fsp3) is 0.708. The molecule has 7 heteroatoms. The van der Waals surface area contributed by atoms with Gasteiger partial charge in [0.1, 0.15) is 11.5 Å². The zero-order valence-electron chi connectivity index (χ0n) is 20.0. The summed E-state index contributed by atoms with van der Waals surface area (Å²) >= 11 is 0. The second-order valence-electron chi connectivity index (χ2n) is 8.81. The molecule has 1 aromatic carbocycles. The van der Waals surface area contributed by atoms with Crippen LogP contribution in [0.5, 0.6) is 11.5 Å². The van der Waals surface area contributed by atoms with Gasteiger partial charge in [0.2, 0.25) is 0 Å². The van der Waals surface area contributed by atoms with Crippen LogP contribution in [0.2, 0.25) is 0 Å². The van der Waals surface area contributed by atoms with Crippen LogP contribution in [-0.4, -0.2) is 69.0 Å². The Hall–Kier alpha value is -1.99. The Kier molecular flexibility index (Phi) is 10.9. The molecule has 0 bridgehead atoms. The van der Waals surface area contributed by atoms with Crippen molar-refractivity contribution in [2.45, 2.75) is 52.6 Å². The van der Waals surface area contributed by atoms with E-state index in [1.807, 2.05) is 6.07 Å². The Labute approximate surface area is 188 Å². The third-order valence-electron chi connectivity index (χ3n) is 5.62. The topological polar surface area (TPSA) is 78.4 Å². The molecule has 0 aliphatic carbocycles. The Morgan fingerprint density at radius 1 is 1.23 bits per heavy atom. The Bertz CT molecular complexity index is 659. The molecule has 0 amide bonds. The van der Waals surface area contributed by atoms with E-state index in [4.69, 9.17) is 14.5 Å². The molecule has 1 heterocycles. The number of aliphatic imine (C=N–C) groups is 1. The number of hydrogen-bond donors (Lipinski definition) is 3. The minimum Gasteiger partial charge on any atom is -0.497 e. The van der Waals surface area contributed by atoms with Gasteiger partial charge in [0, 0.05) is 51.4 Å². The van der Waals surface area contributed by atoms with E-state index in [1.165, 1.54) is 5.56 Å². The average Bonchev–Trinajstić information content (AvgIpc) is 3.18. The quantitative estimate of drug-likeness (QED) is 0.347. The first-order valence-electron chi connectivity index (χ1n) is 11.6. The van der Waals surface area contributed by atoms with Crippen molar-refractivity contribution in [2.75, 3.05) is 47.0 Å². The van der Waals surface area contributed by atoms with Gasteiger partial charge in [0.05, 0.1) is 14.2 Å². The lowest BCUT2D eigenvalue weighted by atomic mass is 9.94. The van der Waals surface area contributed by atoms with Crippen molar-refractivity contribution in [1.82, 2.24) is 15.5 Å². The molecule has 0 radical (unpaired) electrons. The molecule has 7 nitrogen and oxygen atoms in total. The zero-order valence-corrected chi connectivity index (χ0v) is 20.0. The normalized spacial score (nSPS) is 18.3. The summed E-state index contributed by atoms with van der Waals surface area (Å²) in [5.74, 6) is 3.56. The highest BCUT2D eigenvalue weighted by Crippen LogP contribution is 2.24. The first-order valence-corrected chi connectivity index (χ1v) is 11.6. The van der Waals surface area contributed by atoms with Crippen LogP contribution in [0.25, 0.3) is 0 Å². The second kappa shape index (κ2) is 13.4. The Morgan fingerprint density at radius 3 is 2.52 bits per heavy atom. The van der Waals surface area contributed by atoms with Gasteiger partial charge in [-0.3, -0.25) is 9.89 Å². The molecule has 1 saturated heterocycles. The molecule has 1 aliphatic heterocycles. The summed E-state index contributed by atoms with van der Waals surface area (Å²) in [5, 5.41) is 16.4. The van der Waals surface area contributed by atoms with Gasteiger partial charge in [0.25, 0.3) is 0 Å². The number of guanidine groups is 1. The first kappa shape index (κ1) is 25.3. The number of rotatable bonds is 12. The maximum Gasteiger partial charge on any atom is 0.191 e. The second-order valence-corrected chi connectivity index (χ2v) is 8.81. The third kappa shape index (κ3) is 8.95. The molecular formula is C24H42N4O3. The predicted molar refractivity (Wildman–Crippen MR) is 127 cm³/mol. The number of ether oxygens (including phenoxy) is 2. The largest absolute Gasteiger partial charge is 0.497 e. The molecule has 0 aromatic heterocycles. The molecule has 1 aliphatic rings. The van der Waals surface area contributed by atoms with Crippen LogP contribution in [0.1, 0.15) is 45.6 Å². The molecule has 176 valence electrons. The third-order valence-corrected chi connectivity index (χ3v) is 5.62. The lowest BCUT2D eigenvalue weighted by Gasteiger charge is -2.21. The lowest BCUT2D eigenvalue weighted by molar-refractivity contribution is 0.245. The minimum atomic E-state index is 0.226. The van der Waals surface area contributed by atoms with Crippen LogP contribution in [-0.2, 0) is 6.54 Å². The number of methoxy groups -OCH3 is 2. The van der Waals surface area contributed by atoms with Crippen molar-refractivity contribution in [1.29, 1.82) is 0 Å². The minimum absolute atomic E-state index is 0.226. The SMILES string of the molecule is CCNC(=NCC(CCO)CC(C)C)NC1CCN(Cc2cc(OC)cc(OC)c2)C1. The van der Waals surface area contributed by atoms with Crippen LogP contribution in [0, 0.1) is 11.8 Å². The number of hydrogen-bond acceptors (Lipinski definition) is 5. The van der Waals surface area contributed by atoms with Crippen molar-refractivity contribution in [3.63, 3.8) is 0 Å². The van der Waals surface area contributed by atoms with Crippen LogP contribution in [0.4, 0.5) is 0 Å². The number of benzene rings is 1. The van der Waals surface area contributed by atoms with E-state index in [-0.39, 0.29) is 6.61 Å². The van der Waals surface area contributed by atoms with Gasteiger partial charge < -0.3 is 25.2 Å². The van der Waals surface area contributed by atoms with Crippen molar-refractivity contribution in [3.8, 4) is 11.5 Å². The fourth-order valence-electron chi connectivity index (χ4n) is 4.18. The van der Waals surface area contributed by atoms with E-state index >= 15 is 0 Å². The van der Waals surface area contributed by atoms with E-state index < -0.39 is 0 Å². The number of aliphatic hydroxyl groups excluding tert-OH is 1. The van der Waals surface area contributed by atoms with Crippen LogP contribution in [0.3, 0.4) is 0 Å². The summed E-state index contributed by atoms with van der Waals surface area (Å²) in [6, 6.07) is 6.42. The van der Waals surface area contributed by atoms with Gasteiger partial charge in [-0.15, -0.1) is 0 Å². The van der Waals surface area contributed by atoms with E-state index in [0.717, 1.165) is 69.4 Å². The van der Waals surface area contributed by atoms with Crippen LogP contribution in [0.15, 0.2) is 23.2 Å². The lowest BCUT2D eigenvalue weighted by Crippen LogP contribution is -2.44. The summed E-state index contributed by atoms with van der Waals surface area (Å²) in [5.41, 5.74) is 1.19. The molecule has 0 spiro atoms. The molecule has 2 unspecified atom stereocenters. The van der Waals surface area contributed by atoms with Gasteiger partial charge in [-0.1, -0.05) is 13.8 Å². The smallest absolute Gasteiger partial charge is 0.191 e. The van der Waals surface area contributed by atoms with Gasteiger partial charge in [-0.05, 0) is 55.7 Å². The summed E-state index contributed by atoms with van der Waals surface area (Å²) < 4.78 is 10.8. The summed E-state index contributed by atoms with van der Waals surface area (Å²) in [7, 11) is 3.37. The van der Waals surface area contributed by atoms with Crippen LogP contribution >= 0.6 is 0 Å². The van der Waals surface area contributed by atoms with Crippen molar-refractivity contribution in [2.24, 2.45) is 16.8 Å². The summed E-state index contributed by atoms with van der Waals surface area (Å²) in [4.78, 5) is 7.28. The van der Waals surface area contributed by atoms with Gasteiger partial charge in [-0.2, -0.15) is 0 Å². The maximum atomic E-state index is 9.36. The summed E-state index contributed by atoms with van der Waals surface area (Å²) in [6.45, 7) is 11.2. The molecule has 2 atom stereocenters. The van der Waals surface area contributed by atoms with Crippen molar-refractivity contribution >= 4 is 5.96 Å². The monoisotopic (exact) mass is 434 g/mol. The van der Waals surface area contributed by atoms with E-state index in [0.29, 0.717) is 17.9 Å². The van der Waals surface area contributed by atoms with E-state index in [9.17, 15) is 5.11 Å². The summed E-state index contributed by atoms with van der Waals surface area (Å²) in [6.07, 6.45) is 2.98. The number of nitrogens with one attached hydrogen (secondary N) is 2. The van der Waals surface area contributed by atoms with E-state index in [2.05, 4.69) is 48.4 Å². The van der Waals surface area contributed by atoms with Crippen LogP contribution < -0.4 is 20.1 Å².